The largest absolute Gasteiger partial charge is 0.497 e. The minimum absolute atomic E-state index is 0.0936. The van der Waals surface area contributed by atoms with Gasteiger partial charge in [-0.3, -0.25) is 4.90 Å². The Morgan fingerprint density at radius 3 is 2.83 bits per heavy atom. The molecule has 2 bridgehead atoms. The molecule has 0 aromatic heterocycles. The number of piperidine rings is 1. The lowest BCUT2D eigenvalue weighted by molar-refractivity contribution is 0.0446. The van der Waals surface area contributed by atoms with Crippen molar-refractivity contribution in [3.8, 4) is 11.5 Å². The van der Waals surface area contributed by atoms with E-state index in [-0.39, 0.29) is 5.41 Å². The van der Waals surface area contributed by atoms with Crippen molar-refractivity contribution in [2.24, 2.45) is 0 Å². The molecule has 4 aliphatic rings. The molecule has 4 nitrogen and oxygen atoms in total. The molecule has 24 heavy (non-hydrogen) atoms. The van der Waals surface area contributed by atoms with E-state index in [1.54, 1.807) is 14.2 Å². The molecule has 2 aliphatic carbocycles. The summed E-state index contributed by atoms with van der Waals surface area (Å²) < 4.78 is 17.9. The number of allylic oxidation sites excluding steroid dienone is 1. The fourth-order valence-electron chi connectivity index (χ4n) is 5.45. The zero-order valence-corrected chi connectivity index (χ0v) is 14.7. The number of ether oxygens (including phenoxy) is 3. The maximum atomic E-state index is 6.61. The van der Waals surface area contributed by atoms with Gasteiger partial charge in [0.25, 0.3) is 0 Å². The van der Waals surface area contributed by atoms with Gasteiger partial charge in [0.15, 0.2) is 11.5 Å². The Morgan fingerprint density at radius 1 is 1.25 bits per heavy atom. The smallest absolute Gasteiger partial charge is 0.167 e. The van der Waals surface area contributed by atoms with Gasteiger partial charge in [0.2, 0.25) is 0 Å². The first-order valence-corrected chi connectivity index (χ1v) is 8.62. The van der Waals surface area contributed by atoms with Crippen LogP contribution >= 0.6 is 0 Å². The van der Waals surface area contributed by atoms with Crippen LogP contribution in [-0.2, 0) is 16.6 Å². The summed E-state index contributed by atoms with van der Waals surface area (Å²) in [7, 11) is 5.68. The molecule has 0 unspecified atom stereocenters. The minimum atomic E-state index is -0.423. The molecule has 2 aliphatic heterocycles. The molecule has 3 atom stereocenters. The maximum Gasteiger partial charge on any atom is 0.167 e. The van der Waals surface area contributed by atoms with Crippen LogP contribution in [0.4, 0.5) is 0 Å². The van der Waals surface area contributed by atoms with Crippen LogP contribution in [0.3, 0.4) is 0 Å². The van der Waals surface area contributed by atoms with E-state index >= 15 is 0 Å². The lowest BCUT2D eigenvalue weighted by atomic mass is 9.53. The molecule has 126 valence electrons. The summed E-state index contributed by atoms with van der Waals surface area (Å²) in [5, 5.41) is 0. The van der Waals surface area contributed by atoms with Crippen LogP contribution in [-0.4, -0.2) is 44.4 Å². The molecule has 0 radical (unpaired) electrons. The first-order valence-electron chi connectivity index (χ1n) is 8.62. The van der Waals surface area contributed by atoms with Gasteiger partial charge in [-0.25, -0.2) is 0 Å². The maximum absolute atomic E-state index is 6.61. The zero-order chi connectivity index (χ0) is 16.7. The number of likely N-dealkylation sites (N-methyl/N-ethyl adjacent to an activating group) is 1. The Kier molecular flexibility index (Phi) is 2.62. The SMILES string of the molecule is COC1=C[C@@]2(C)Oc3c(OC)ccc4c3[C@@]23CCN(C)[C@H](C4)C3=C1. The van der Waals surface area contributed by atoms with Crippen molar-refractivity contribution in [1.82, 2.24) is 4.90 Å². The topological polar surface area (TPSA) is 30.9 Å². The van der Waals surface area contributed by atoms with Gasteiger partial charge in [0.1, 0.15) is 11.4 Å². The lowest BCUT2D eigenvalue weighted by Crippen LogP contribution is -2.62. The predicted octanol–water partition coefficient (Wildman–Crippen LogP) is 2.81. The molecule has 4 heteroatoms. The Labute approximate surface area is 142 Å². The van der Waals surface area contributed by atoms with Crippen LogP contribution in [0.5, 0.6) is 11.5 Å². The molecule has 2 heterocycles. The Balaban J connectivity index is 1.87. The predicted molar refractivity (Wildman–Crippen MR) is 91.6 cm³/mol. The third-order valence-corrected chi connectivity index (χ3v) is 6.60. The van der Waals surface area contributed by atoms with Crippen molar-refractivity contribution < 1.29 is 14.2 Å². The first kappa shape index (κ1) is 14.4. The van der Waals surface area contributed by atoms with E-state index in [2.05, 4.69) is 43.2 Å². The highest BCUT2D eigenvalue weighted by Gasteiger charge is 2.66. The van der Waals surface area contributed by atoms with E-state index in [9.17, 15) is 0 Å². The highest BCUT2D eigenvalue weighted by molar-refractivity contribution is 5.69. The van der Waals surface area contributed by atoms with Gasteiger partial charge in [0, 0.05) is 17.7 Å². The number of rotatable bonds is 2. The van der Waals surface area contributed by atoms with E-state index in [0.717, 1.165) is 36.6 Å². The third kappa shape index (κ3) is 1.40. The van der Waals surface area contributed by atoms with Crippen molar-refractivity contribution >= 4 is 0 Å². The van der Waals surface area contributed by atoms with E-state index in [1.807, 2.05) is 0 Å². The van der Waals surface area contributed by atoms with Gasteiger partial charge in [-0.1, -0.05) is 6.07 Å². The van der Waals surface area contributed by atoms with Gasteiger partial charge in [-0.05, 0) is 56.6 Å². The van der Waals surface area contributed by atoms with Gasteiger partial charge in [-0.2, -0.15) is 0 Å². The Bertz CT molecular complexity index is 811. The second kappa shape index (κ2) is 4.37. The van der Waals surface area contributed by atoms with Crippen molar-refractivity contribution in [3.05, 3.63) is 46.7 Å². The van der Waals surface area contributed by atoms with Gasteiger partial charge >= 0.3 is 0 Å². The molecule has 1 aromatic carbocycles. The fraction of sp³-hybridized carbons (Fsp3) is 0.500. The molecule has 1 spiro atoms. The Hall–Kier alpha value is -1.94. The lowest BCUT2D eigenvalue weighted by Gasteiger charge is -2.55. The fourth-order valence-corrected chi connectivity index (χ4v) is 5.45. The van der Waals surface area contributed by atoms with Crippen LogP contribution in [0, 0.1) is 0 Å². The standard InChI is InChI=1S/C20H23NO3/c1-19-11-13(22-3)10-14-15-9-12-5-6-16(23-4)18(24-19)17(12)20(14,19)7-8-21(15)2/h5-6,10-11,15H,7-9H2,1-4H3/t15-,19-,20+/m1/s1. The van der Waals surface area contributed by atoms with Crippen LogP contribution in [0.2, 0.25) is 0 Å². The van der Waals surface area contributed by atoms with Gasteiger partial charge in [-0.15, -0.1) is 0 Å². The number of hydrogen-bond acceptors (Lipinski definition) is 4. The number of benzene rings is 1. The zero-order valence-electron chi connectivity index (χ0n) is 14.7. The van der Waals surface area contributed by atoms with Crippen molar-refractivity contribution in [3.63, 3.8) is 0 Å². The third-order valence-electron chi connectivity index (χ3n) is 6.60. The molecular weight excluding hydrogens is 302 g/mol. The average Bonchev–Trinajstić information content (AvgIpc) is 2.84. The van der Waals surface area contributed by atoms with E-state index in [4.69, 9.17) is 14.2 Å². The summed E-state index contributed by atoms with van der Waals surface area (Å²) in [6, 6.07) is 4.69. The molecule has 0 amide bonds. The van der Waals surface area contributed by atoms with Crippen LogP contribution in [0.1, 0.15) is 24.5 Å². The van der Waals surface area contributed by atoms with Crippen molar-refractivity contribution in [2.75, 3.05) is 27.8 Å². The van der Waals surface area contributed by atoms with Gasteiger partial charge in [0.05, 0.1) is 19.6 Å². The normalized spacial score (nSPS) is 35.6. The first-order chi connectivity index (χ1) is 11.5. The summed E-state index contributed by atoms with van der Waals surface area (Å²) in [6.07, 6.45) is 6.49. The van der Waals surface area contributed by atoms with E-state index in [0.29, 0.717) is 6.04 Å². The van der Waals surface area contributed by atoms with E-state index in [1.165, 1.54) is 16.7 Å². The number of nitrogens with zero attached hydrogens (tertiary/aromatic N) is 1. The van der Waals surface area contributed by atoms with Crippen molar-refractivity contribution in [1.29, 1.82) is 0 Å². The summed E-state index contributed by atoms with van der Waals surface area (Å²) >= 11 is 0. The quantitative estimate of drug-likeness (QED) is 0.837. The summed E-state index contributed by atoms with van der Waals surface area (Å²) in [5.41, 5.74) is 3.68. The highest BCUT2D eigenvalue weighted by atomic mass is 16.5. The number of likely N-dealkylation sites (tertiary alicyclic amines) is 1. The molecule has 0 N–H and O–H groups in total. The summed E-state index contributed by atoms with van der Waals surface area (Å²) in [4.78, 5) is 2.47. The van der Waals surface area contributed by atoms with Crippen molar-refractivity contribution in [2.45, 2.75) is 36.8 Å². The number of hydrogen-bond donors (Lipinski definition) is 0. The monoisotopic (exact) mass is 325 g/mol. The second-order valence-corrected chi connectivity index (χ2v) is 7.55. The molecule has 1 aromatic rings. The van der Waals surface area contributed by atoms with Crippen LogP contribution < -0.4 is 9.47 Å². The van der Waals surface area contributed by atoms with E-state index < -0.39 is 5.60 Å². The summed E-state index contributed by atoms with van der Waals surface area (Å²) in [6.45, 7) is 3.28. The second-order valence-electron chi connectivity index (χ2n) is 7.55. The molecule has 5 rings (SSSR count). The minimum Gasteiger partial charge on any atom is -0.497 e. The highest BCUT2D eigenvalue weighted by Crippen LogP contribution is 2.65. The molecule has 1 fully saturated rings. The van der Waals surface area contributed by atoms with Crippen LogP contribution in [0.15, 0.2) is 35.6 Å². The molecular formula is C20H23NO3. The average molecular weight is 325 g/mol. The number of methoxy groups -OCH3 is 2. The van der Waals surface area contributed by atoms with Gasteiger partial charge < -0.3 is 14.2 Å². The molecule has 0 saturated carbocycles. The summed E-state index contributed by atoms with van der Waals surface area (Å²) in [5.74, 6) is 2.67. The van der Waals surface area contributed by atoms with Crippen LogP contribution in [0.25, 0.3) is 0 Å². The Morgan fingerprint density at radius 2 is 2.08 bits per heavy atom. The molecule has 1 saturated heterocycles.